The average Bonchev–Trinajstić information content (AvgIpc) is 2.75. The molecular formula is C31H42O3S. The van der Waals surface area contributed by atoms with Crippen LogP contribution in [0.25, 0.3) is 0 Å². The Morgan fingerprint density at radius 1 is 1.14 bits per heavy atom. The monoisotopic (exact) mass is 494 g/mol. The number of fused-ring (bicyclic) bond motifs is 1. The molecule has 2 aromatic rings. The van der Waals surface area contributed by atoms with Crippen LogP contribution < -0.4 is 4.18 Å². The molecule has 0 bridgehead atoms. The maximum absolute atomic E-state index is 13.1. The van der Waals surface area contributed by atoms with Crippen molar-refractivity contribution in [3.8, 4) is 5.75 Å². The highest BCUT2D eigenvalue weighted by molar-refractivity contribution is 7.88. The fourth-order valence-electron chi connectivity index (χ4n) is 4.96. The zero-order valence-electron chi connectivity index (χ0n) is 22.7. The van der Waals surface area contributed by atoms with Crippen LogP contribution in [0.2, 0.25) is 0 Å². The van der Waals surface area contributed by atoms with Crippen LogP contribution in [0.4, 0.5) is 0 Å². The molecule has 0 radical (unpaired) electrons. The lowest BCUT2D eigenvalue weighted by molar-refractivity contribution is 0.427. The van der Waals surface area contributed by atoms with Crippen molar-refractivity contribution >= 4 is 10.1 Å². The molecule has 1 aliphatic carbocycles. The summed E-state index contributed by atoms with van der Waals surface area (Å²) in [6.07, 6.45) is 9.48. The van der Waals surface area contributed by atoms with Crippen LogP contribution in [-0.4, -0.2) is 13.2 Å². The molecule has 3 nitrogen and oxygen atoms in total. The maximum atomic E-state index is 13.1. The summed E-state index contributed by atoms with van der Waals surface area (Å²) in [6.45, 7) is 15.8. The molecule has 35 heavy (non-hydrogen) atoms. The van der Waals surface area contributed by atoms with Crippen molar-refractivity contribution in [1.29, 1.82) is 0 Å². The number of hydrogen-bond donors (Lipinski definition) is 0. The normalized spacial score (nSPS) is 19.3. The second kappa shape index (κ2) is 10.7. The first-order valence-corrected chi connectivity index (χ1v) is 14.2. The van der Waals surface area contributed by atoms with Crippen molar-refractivity contribution in [2.45, 2.75) is 91.2 Å². The van der Waals surface area contributed by atoms with E-state index in [-0.39, 0.29) is 0 Å². The van der Waals surface area contributed by atoms with Gasteiger partial charge in [-0.2, -0.15) is 8.42 Å². The fourth-order valence-corrected chi connectivity index (χ4v) is 5.66. The smallest absolute Gasteiger partial charge is 0.314 e. The molecule has 0 aliphatic heterocycles. The number of hydrogen-bond acceptors (Lipinski definition) is 3. The average molecular weight is 495 g/mol. The number of aryl methyl sites for hydroxylation is 1. The molecule has 0 spiro atoms. The SMILES string of the molecule is CC(C)=C/C=C/[C@H](C)C1CC[C@H](C)c2c1cc(C)c(OS(=O)(=O)C(C)(C)C)c2Cc1ccccc1. The topological polar surface area (TPSA) is 43.4 Å². The summed E-state index contributed by atoms with van der Waals surface area (Å²) in [6, 6.07) is 12.5. The van der Waals surface area contributed by atoms with E-state index >= 15 is 0 Å². The van der Waals surface area contributed by atoms with Gasteiger partial charge in [-0.25, -0.2) is 0 Å². The van der Waals surface area contributed by atoms with E-state index < -0.39 is 14.9 Å². The number of rotatable bonds is 7. The van der Waals surface area contributed by atoms with Gasteiger partial charge in [-0.1, -0.05) is 74.0 Å². The van der Waals surface area contributed by atoms with Crippen LogP contribution in [0, 0.1) is 12.8 Å². The van der Waals surface area contributed by atoms with E-state index in [1.807, 2.05) is 25.1 Å². The predicted octanol–water partition coefficient (Wildman–Crippen LogP) is 8.23. The first-order chi connectivity index (χ1) is 16.3. The summed E-state index contributed by atoms with van der Waals surface area (Å²) in [7, 11) is -3.80. The summed E-state index contributed by atoms with van der Waals surface area (Å²) in [4.78, 5) is 0. The summed E-state index contributed by atoms with van der Waals surface area (Å²) in [5.74, 6) is 1.63. The van der Waals surface area contributed by atoms with Gasteiger partial charge in [0.15, 0.2) is 0 Å². The molecule has 0 saturated heterocycles. The second-order valence-electron chi connectivity index (χ2n) is 11.4. The van der Waals surface area contributed by atoms with Gasteiger partial charge < -0.3 is 4.18 Å². The van der Waals surface area contributed by atoms with Crippen molar-refractivity contribution in [3.63, 3.8) is 0 Å². The molecule has 2 aromatic carbocycles. The molecule has 3 atom stereocenters. The first kappa shape index (κ1) is 27.3. The second-order valence-corrected chi connectivity index (χ2v) is 13.7. The van der Waals surface area contributed by atoms with Gasteiger partial charge >= 0.3 is 10.1 Å². The molecule has 4 heteroatoms. The highest BCUT2D eigenvalue weighted by atomic mass is 32.2. The largest absolute Gasteiger partial charge is 0.381 e. The van der Waals surface area contributed by atoms with Crippen LogP contribution in [0.3, 0.4) is 0 Å². The Balaban J connectivity index is 2.20. The van der Waals surface area contributed by atoms with Gasteiger partial charge in [-0.3, -0.25) is 0 Å². The third kappa shape index (κ3) is 6.27. The first-order valence-electron chi connectivity index (χ1n) is 12.8. The van der Waals surface area contributed by atoms with Crippen LogP contribution in [0.1, 0.15) is 101 Å². The highest BCUT2D eigenvalue weighted by Crippen LogP contribution is 2.48. The summed E-state index contributed by atoms with van der Waals surface area (Å²) in [5, 5.41) is 0. The standard InChI is InChI=1S/C31H42O3S/c1-21(2)13-12-14-22(3)26-18-17-23(4)29-27(26)19-24(5)30(34-35(32,33)31(6,7)8)28(29)20-25-15-10-9-11-16-25/h9-16,19,22-23,26H,17-18,20H2,1-8H3/b14-12+/t22-,23-,26?/m0/s1. The van der Waals surface area contributed by atoms with E-state index in [0.717, 1.165) is 29.5 Å². The lowest BCUT2D eigenvalue weighted by Gasteiger charge is -2.36. The van der Waals surface area contributed by atoms with Crippen LogP contribution in [0.15, 0.2) is 60.2 Å². The van der Waals surface area contributed by atoms with Crippen LogP contribution >= 0.6 is 0 Å². The van der Waals surface area contributed by atoms with Crippen molar-refractivity contribution < 1.29 is 12.6 Å². The van der Waals surface area contributed by atoms with E-state index in [9.17, 15) is 8.42 Å². The Bertz CT molecular complexity index is 1190. The Hall–Kier alpha value is -2.33. The van der Waals surface area contributed by atoms with Gasteiger partial charge in [-0.05, 0) is 94.4 Å². The van der Waals surface area contributed by atoms with Crippen LogP contribution in [0.5, 0.6) is 5.75 Å². The summed E-state index contributed by atoms with van der Waals surface area (Å²) >= 11 is 0. The van der Waals surface area contributed by atoms with Gasteiger partial charge in [0.25, 0.3) is 0 Å². The Labute approximate surface area is 213 Å². The molecule has 190 valence electrons. The third-order valence-electron chi connectivity index (χ3n) is 7.09. The molecule has 3 rings (SSSR count). The Morgan fingerprint density at radius 3 is 2.40 bits per heavy atom. The minimum Gasteiger partial charge on any atom is -0.381 e. The Morgan fingerprint density at radius 2 is 1.80 bits per heavy atom. The van der Waals surface area contributed by atoms with E-state index in [4.69, 9.17) is 4.18 Å². The van der Waals surface area contributed by atoms with E-state index in [1.165, 1.54) is 16.7 Å². The molecule has 0 N–H and O–H groups in total. The molecule has 1 aliphatic rings. The van der Waals surface area contributed by atoms with E-state index in [2.05, 4.69) is 64.1 Å². The van der Waals surface area contributed by atoms with Crippen LogP contribution in [-0.2, 0) is 16.5 Å². The van der Waals surface area contributed by atoms with Crippen molar-refractivity contribution in [3.05, 3.63) is 88.0 Å². The van der Waals surface area contributed by atoms with E-state index in [1.54, 1.807) is 20.8 Å². The zero-order chi connectivity index (χ0) is 26.0. The maximum Gasteiger partial charge on any atom is 0.314 e. The quantitative estimate of drug-likeness (QED) is 0.287. The third-order valence-corrected chi connectivity index (χ3v) is 8.98. The lowest BCUT2D eigenvalue weighted by atomic mass is 9.70. The summed E-state index contributed by atoms with van der Waals surface area (Å²) in [5.41, 5.74) is 6.98. The summed E-state index contributed by atoms with van der Waals surface area (Å²) < 4.78 is 31.2. The van der Waals surface area contributed by atoms with Gasteiger partial charge in [0.2, 0.25) is 0 Å². The molecule has 0 amide bonds. The van der Waals surface area contributed by atoms with Crippen molar-refractivity contribution in [2.24, 2.45) is 5.92 Å². The lowest BCUT2D eigenvalue weighted by Crippen LogP contribution is -2.33. The van der Waals surface area contributed by atoms with Gasteiger partial charge in [-0.15, -0.1) is 0 Å². The number of benzene rings is 2. The highest BCUT2D eigenvalue weighted by Gasteiger charge is 2.36. The molecule has 1 unspecified atom stereocenters. The van der Waals surface area contributed by atoms with Gasteiger partial charge in [0, 0.05) is 12.0 Å². The predicted molar refractivity (Wildman–Crippen MR) is 148 cm³/mol. The molecular weight excluding hydrogens is 452 g/mol. The molecule has 0 aromatic heterocycles. The fraction of sp³-hybridized carbons (Fsp3) is 0.484. The minimum atomic E-state index is -3.80. The minimum absolute atomic E-state index is 0.342. The number of allylic oxidation sites excluding steroid dienone is 4. The zero-order valence-corrected chi connectivity index (χ0v) is 23.5. The van der Waals surface area contributed by atoms with E-state index in [0.29, 0.717) is 29.9 Å². The van der Waals surface area contributed by atoms with Gasteiger partial charge in [0.1, 0.15) is 5.75 Å². The molecule has 0 fully saturated rings. The van der Waals surface area contributed by atoms with Crippen molar-refractivity contribution in [1.82, 2.24) is 0 Å². The van der Waals surface area contributed by atoms with Crippen molar-refractivity contribution in [2.75, 3.05) is 0 Å². The van der Waals surface area contributed by atoms with Gasteiger partial charge in [0.05, 0.1) is 4.75 Å². The molecule has 0 heterocycles. The Kier molecular flexibility index (Phi) is 8.36. The molecule has 0 saturated carbocycles.